The molecule has 0 saturated carbocycles. The van der Waals surface area contributed by atoms with Crippen LogP contribution < -0.4 is 9.47 Å². The number of thioether (sulfide) groups is 1. The van der Waals surface area contributed by atoms with Gasteiger partial charge in [0.25, 0.3) is 0 Å². The van der Waals surface area contributed by atoms with Gasteiger partial charge in [-0.25, -0.2) is 9.59 Å². The molecule has 1 aliphatic rings. The summed E-state index contributed by atoms with van der Waals surface area (Å²) in [6.07, 6.45) is 1.48. The van der Waals surface area contributed by atoms with Crippen LogP contribution in [0.25, 0.3) is 0 Å². The van der Waals surface area contributed by atoms with Crippen LogP contribution in [0.4, 0.5) is 4.79 Å². The fourth-order valence-corrected chi connectivity index (χ4v) is 5.25. The van der Waals surface area contributed by atoms with E-state index in [1.807, 2.05) is 62.6 Å². The van der Waals surface area contributed by atoms with Gasteiger partial charge in [-0.3, -0.25) is 4.79 Å². The molecule has 7 nitrogen and oxygen atoms in total. The van der Waals surface area contributed by atoms with Crippen LogP contribution in [0, 0.1) is 19.8 Å². The average molecular weight is 548 g/mol. The zero-order chi connectivity index (χ0) is 28.3. The fourth-order valence-electron chi connectivity index (χ4n) is 4.84. The molecule has 204 valence electrons. The molecule has 1 N–H and O–H groups in total. The largest absolute Gasteiger partial charge is 0.478 e. The summed E-state index contributed by atoms with van der Waals surface area (Å²) in [5, 5.41) is 9.52. The molecular weight excluding hydrogens is 514 g/mol. The van der Waals surface area contributed by atoms with Crippen molar-refractivity contribution in [1.82, 2.24) is 4.90 Å². The van der Waals surface area contributed by atoms with E-state index in [1.165, 1.54) is 13.8 Å². The predicted octanol–water partition coefficient (Wildman–Crippen LogP) is 6.36. The van der Waals surface area contributed by atoms with Crippen molar-refractivity contribution in [3.63, 3.8) is 0 Å². The number of amides is 1. The molecule has 1 heterocycles. The molecule has 1 saturated heterocycles. The Bertz CT molecular complexity index is 1350. The highest BCUT2D eigenvalue weighted by Gasteiger charge is 2.42. The Kier molecular flexibility index (Phi) is 8.35. The van der Waals surface area contributed by atoms with E-state index in [0.29, 0.717) is 23.6 Å². The molecule has 3 aromatic carbocycles. The Morgan fingerprint density at radius 2 is 1.56 bits per heavy atom. The van der Waals surface area contributed by atoms with E-state index in [-0.39, 0.29) is 18.2 Å². The van der Waals surface area contributed by atoms with Crippen LogP contribution in [0.1, 0.15) is 46.8 Å². The maximum absolute atomic E-state index is 13.8. The van der Waals surface area contributed by atoms with Gasteiger partial charge < -0.3 is 19.5 Å². The van der Waals surface area contributed by atoms with E-state index in [1.54, 1.807) is 40.9 Å². The lowest BCUT2D eigenvalue weighted by molar-refractivity contribution is -0.152. The topological polar surface area (TPSA) is 93.1 Å². The highest BCUT2D eigenvalue weighted by atomic mass is 32.2. The second-order valence-electron chi connectivity index (χ2n) is 10.3. The molecule has 0 aromatic heterocycles. The molecule has 1 aliphatic heterocycles. The number of Topliss-reactive ketones (excluding diaryl/α,β-unsaturated/α-hetero) is 1. The lowest BCUT2D eigenvalue weighted by Gasteiger charge is -2.26. The maximum Gasteiger partial charge on any atom is 0.415 e. The summed E-state index contributed by atoms with van der Waals surface area (Å²) in [4.78, 5) is 41.2. The molecule has 2 atom stereocenters. The number of aryl methyl sites for hydroxylation is 2. The molecule has 1 fully saturated rings. The van der Waals surface area contributed by atoms with Gasteiger partial charge in [-0.05, 0) is 74.9 Å². The van der Waals surface area contributed by atoms with Crippen LogP contribution in [-0.2, 0) is 4.79 Å². The number of ether oxygens (including phenoxy) is 2. The summed E-state index contributed by atoms with van der Waals surface area (Å²) in [7, 11) is 0. The number of aliphatic carboxylic acids is 1. The number of para-hydroxylation sites is 1. The number of carboxylic acid groups (broad SMARTS) is 1. The second-order valence-corrected chi connectivity index (χ2v) is 11.2. The first-order valence-electron chi connectivity index (χ1n) is 12.7. The Morgan fingerprint density at radius 3 is 2.13 bits per heavy atom. The average Bonchev–Trinajstić information content (AvgIpc) is 3.36. The number of rotatable bonds is 8. The lowest BCUT2D eigenvalue weighted by Crippen LogP contribution is -2.38. The third-order valence-electron chi connectivity index (χ3n) is 7.02. The summed E-state index contributed by atoms with van der Waals surface area (Å²) in [5.74, 6) is -0.914. The highest BCUT2D eigenvalue weighted by molar-refractivity contribution is 7.98. The third kappa shape index (κ3) is 6.28. The second kappa shape index (κ2) is 11.5. The molecule has 3 aromatic rings. The third-order valence-corrected chi connectivity index (χ3v) is 7.76. The van der Waals surface area contributed by atoms with Crippen molar-refractivity contribution in [2.75, 3.05) is 19.3 Å². The highest BCUT2D eigenvalue weighted by Crippen LogP contribution is 2.39. The van der Waals surface area contributed by atoms with Crippen LogP contribution in [0.5, 0.6) is 11.5 Å². The normalized spacial score (nSPS) is 17.1. The van der Waals surface area contributed by atoms with E-state index in [4.69, 9.17) is 9.47 Å². The molecule has 0 radical (unpaired) electrons. The van der Waals surface area contributed by atoms with E-state index in [2.05, 4.69) is 0 Å². The van der Waals surface area contributed by atoms with Crippen molar-refractivity contribution >= 4 is 29.6 Å². The zero-order valence-electron chi connectivity index (χ0n) is 22.8. The smallest absolute Gasteiger partial charge is 0.415 e. The summed E-state index contributed by atoms with van der Waals surface area (Å²) in [6.45, 7) is 7.27. The maximum atomic E-state index is 13.8. The molecule has 39 heavy (non-hydrogen) atoms. The van der Waals surface area contributed by atoms with Crippen molar-refractivity contribution in [3.05, 3.63) is 89.0 Å². The monoisotopic (exact) mass is 547 g/mol. The number of benzene rings is 3. The summed E-state index contributed by atoms with van der Waals surface area (Å²) in [6, 6.07) is 20.2. The first-order valence-corrected chi connectivity index (χ1v) is 14.0. The quantitative estimate of drug-likeness (QED) is 0.259. The van der Waals surface area contributed by atoms with Gasteiger partial charge in [-0.15, -0.1) is 11.8 Å². The first kappa shape index (κ1) is 28.2. The fraction of sp³-hybridized carbons (Fsp3) is 0.323. The molecule has 4 rings (SSSR count). The van der Waals surface area contributed by atoms with Gasteiger partial charge >= 0.3 is 12.1 Å². The van der Waals surface area contributed by atoms with Gasteiger partial charge in [0, 0.05) is 35.4 Å². The van der Waals surface area contributed by atoms with E-state index in [9.17, 15) is 19.5 Å². The number of likely N-dealkylation sites (tertiary alicyclic amines) is 1. The molecule has 2 unspecified atom stereocenters. The summed E-state index contributed by atoms with van der Waals surface area (Å²) >= 11 is 1.60. The number of hydrogen-bond acceptors (Lipinski definition) is 6. The van der Waals surface area contributed by atoms with Gasteiger partial charge in [0.1, 0.15) is 11.5 Å². The number of carboxylic acids is 1. The van der Waals surface area contributed by atoms with Gasteiger partial charge in [-0.2, -0.15) is 0 Å². The molecule has 8 heteroatoms. The Morgan fingerprint density at radius 1 is 0.949 bits per heavy atom. The predicted molar refractivity (Wildman–Crippen MR) is 151 cm³/mol. The number of nitrogens with zero attached hydrogens (tertiary/aromatic N) is 1. The number of carbonyl (C=O) groups excluding carboxylic acids is 2. The molecule has 0 aliphatic carbocycles. The van der Waals surface area contributed by atoms with Crippen molar-refractivity contribution < 1.29 is 29.0 Å². The van der Waals surface area contributed by atoms with Crippen molar-refractivity contribution in [1.29, 1.82) is 0 Å². The minimum absolute atomic E-state index is 0.0368. The van der Waals surface area contributed by atoms with Crippen LogP contribution >= 0.6 is 11.8 Å². The minimum Gasteiger partial charge on any atom is -0.478 e. The van der Waals surface area contributed by atoms with Gasteiger partial charge in [0.2, 0.25) is 0 Å². The van der Waals surface area contributed by atoms with Crippen LogP contribution in [0.3, 0.4) is 0 Å². The van der Waals surface area contributed by atoms with Crippen LogP contribution in [0.15, 0.2) is 71.6 Å². The van der Waals surface area contributed by atoms with E-state index in [0.717, 1.165) is 21.6 Å². The van der Waals surface area contributed by atoms with E-state index < -0.39 is 23.6 Å². The van der Waals surface area contributed by atoms with Gasteiger partial charge in [0.05, 0.1) is 0 Å². The SMILES string of the molecule is CSc1ccc(C(=O)C2CN(C(=O)Oc3ccccc3)CC2c2cc(C)c(OC(C)(C)C(=O)O)c(C)c2)cc1. The van der Waals surface area contributed by atoms with Gasteiger partial charge in [0.15, 0.2) is 11.4 Å². The summed E-state index contributed by atoms with van der Waals surface area (Å²) in [5.41, 5.74) is 1.61. The Balaban J connectivity index is 1.66. The Hall–Kier alpha value is -3.78. The zero-order valence-corrected chi connectivity index (χ0v) is 23.6. The van der Waals surface area contributed by atoms with Crippen LogP contribution in [0.2, 0.25) is 0 Å². The Labute approximate surface area is 233 Å². The van der Waals surface area contributed by atoms with Crippen molar-refractivity contribution in [2.45, 2.75) is 44.1 Å². The summed E-state index contributed by atoms with van der Waals surface area (Å²) < 4.78 is 11.5. The first-order chi connectivity index (χ1) is 18.5. The minimum atomic E-state index is -1.40. The number of hydrogen-bond donors (Lipinski definition) is 1. The van der Waals surface area contributed by atoms with Crippen LogP contribution in [-0.4, -0.2) is 52.8 Å². The van der Waals surface area contributed by atoms with Crippen molar-refractivity contribution in [3.8, 4) is 11.5 Å². The van der Waals surface area contributed by atoms with E-state index >= 15 is 0 Å². The number of ketones is 1. The van der Waals surface area contributed by atoms with Gasteiger partial charge in [-0.1, -0.05) is 42.5 Å². The molecule has 0 bridgehead atoms. The number of carbonyl (C=O) groups is 3. The molecule has 0 spiro atoms. The molecule has 1 amide bonds. The molecular formula is C31H33NO6S. The standard InChI is InChI=1S/C31H33NO6S/c1-19-15-22(16-20(2)28(19)38-31(3,4)29(34)35)25-17-32(30(36)37-23-9-7-6-8-10-23)18-26(25)27(33)21-11-13-24(39-5)14-12-21/h6-16,25-26H,17-18H2,1-5H3,(H,34,35). The van der Waals surface area contributed by atoms with Crippen molar-refractivity contribution in [2.24, 2.45) is 5.92 Å². The lowest BCUT2D eigenvalue weighted by atomic mass is 9.82.